The van der Waals surface area contributed by atoms with Crippen LogP contribution in [-0.2, 0) is 10.0 Å². The van der Waals surface area contributed by atoms with Crippen molar-refractivity contribution in [2.24, 2.45) is 0 Å². The molecule has 0 aliphatic rings. The van der Waals surface area contributed by atoms with Gasteiger partial charge in [-0.05, 0) is 54.1 Å². The highest BCUT2D eigenvalue weighted by atomic mass is 32.2. The lowest BCUT2D eigenvalue weighted by Crippen LogP contribution is -2.15. The van der Waals surface area contributed by atoms with Gasteiger partial charge in [-0.1, -0.05) is 18.2 Å². The minimum Gasteiger partial charge on any atom is -0.497 e. The number of hydrogen-bond acceptors (Lipinski definition) is 6. The van der Waals surface area contributed by atoms with Gasteiger partial charge in [-0.15, -0.1) is 0 Å². The Morgan fingerprint density at radius 1 is 1.03 bits per heavy atom. The van der Waals surface area contributed by atoms with Crippen LogP contribution in [0.25, 0.3) is 6.08 Å². The van der Waals surface area contributed by atoms with Crippen LogP contribution < -0.4 is 14.2 Å². The van der Waals surface area contributed by atoms with Gasteiger partial charge in [0.1, 0.15) is 16.4 Å². The second-order valence-corrected chi connectivity index (χ2v) is 7.83. The largest absolute Gasteiger partial charge is 0.497 e. The zero-order valence-corrected chi connectivity index (χ0v) is 17.2. The van der Waals surface area contributed by atoms with Gasteiger partial charge in [0.15, 0.2) is 5.78 Å². The molecular weight excluding hydrogens is 404 g/mol. The number of nitrogens with one attached hydrogen (secondary N) is 1. The molecule has 0 unspecified atom stereocenters. The fourth-order valence-corrected chi connectivity index (χ4v) is 3.90. The molecule has 3 rings (SSSR count). The Bertz CT molecular complexity index is 1160. The van der Waals surface area contributed by atoms with Crippen molar-refractivity contribution in [2.45, 2.75) is 4.90 Å². The number of anilines is 1. The van der Waals surface area contributed by atoms with Crippen molar-refractivity contribution in [1.82, 2.24) is 4.98 Å². The van der Waals surface area contributed by atoms with E-state index in [0.29, 0.717) is 11.4 Å². The first-order valence-electron chi connectivity index (χ1n) is 8.90. The highest BCUT2D eigenvalue weighted by molar-refractivity contribution is 7.92. The lowest BCUT2D eigenvalue weighted by atomic mass is 10.1. The third-order valence-electron chi connectivity index (χ3n) is 4.19. The smallest absolute Gasteiger partial charge is 0.265 e. The number of ketones is 1. The van der Waals surface area contributed by atoms with E-state index >= 15 is 0 Å². The normalized spacial score (nSPS) is 11.3. The number of methoxy groups -OCH3 is 2. The number of benzene rings is 2. The molecule has 0 atom stereocenters. The van der Waals surface area contributed by atoms with Crippen molar-refractivity contribution in [2.75, 3.05) is 18.9 Å². The van der Waals surface area contributed by atoms with Gasteiger partial charge in [0.25, 0.3) is 10.0 Å². The van der Waals surface area contributed by atoms with E-state index in [9.17, 15) is 13.2 Å². The number of nitrogens with zero attached hydrogens (tertiary/aromatic N) is 1. The molecule has 1 N–H and O–H groups in total. The summed E-state index contributed by atoms with van der Waals surface area (Å²) in [4.78, 5) is 16.3. The van der Waals surface area contributed by atoms with Gasteiger partial charge >= 0.3 is 0 Å². The van der Waals surface area contributed by atoms with Crippen molar-refractivity contribution < 1.29 is 22.7 Å². The van der Waals surface area contributed by atoms with Crippen LogP contribution in [0.2, 0.25) is 0 Å². The van der Waals surface area contributed by atoms with Crippen LogP contribution in [0.4, 0.5) is 5.69 Å². The zero-order valence-electron chi connectivity index (χ0n) is 16.4. The lowest BCUT2D eigenvalue weighted by molar-refractivity contribution is 0.104. The van der Waals surface area contributed by atoms with Crippen LogP contribution in [0.15, 0.2) is 78.0 Å². The van der Waals surface area contributed by atoms with Gasteiger partial charge in [0.05, 0.1) is 26.1 Å². The Labute approximate surface area is 175 Å². The summed E-state index contributed by atoms with van der Waals surface area (Å²) >= 11 is 0. The quantitative estimate of drug-likeness (QED) is 0.437. The molecular formula is C22H20N2O5S. The maximum Gasteiger partial charge on any atom is 0.265 e. The van der Waals surface area contributed by atoms with Crippen LogP contribution in [-0.4, -0.2) is 33.4 Å². The summed E-state index contributed by atoms with van der Waals surface area (Å²) in [7, 11) is -1.05. The second kappa shape index (κ2) is 9.23. The van der Waals surface area contributed by atoms with E-state index in [1.165, 1.54) is 43.8 Å². The van der Waals surface area contributed by atoms with Crippen molar-refractivity contribution in [1.29, 1.82) is 0 Å². The molecule has 1 heterocycles. The summed E-state index contributed by atoms with van der Waals surface area (Å²) in [5, 5.41) is 0. The number of carbonyl (C=O) groups is 1. The number of allylic oxidation sites excluding steroid dienone is 1. The molecule has 30 heavy (non-hydrogen) atoms. The molecule has 0 saturated carbocycles. The van der Waals surface area contributed by atoms with Gasteiger partial charge in [-0.25, -0.2) is 8.42 Å². The molecule has 0 fully saturated rings. The first-order chi connectivity index (χ1) is 14.4. The highest BCUT2D eigenvalue weighted by Gasteiger charge is 2.21. The van der Waals surface area contributed by atoms with Crippen LogP contribution in [0, 0.1) is 0 Å². The van der Waals surface area contributed by atoms with Crippen molar-refractivity contribution in [3.8, 4) is 11.5 Å². The minimum atomic E-state index is -3.99. The molecule has 7 nitrogen and oxygen atoms in total. The Balaban J connectivity index is 1.87. The summed E-state index contributed by atoms with van der Waals surface area (Å²) in [5.41, 5.74) is 1.33. The average Bonchev–Trinajstić information content (AvgIpc) is 2.77. The van der Waals surface area contributed by atoms with Crippen LogP contribution >= 0.6 is 0 Å². The molecule has 3 aromatic rings. The number of pyridine rings is 1. The first-order valence-corrected chi connectivity index (χ1v) is 10.4. The van der Waals surface area contributed by atoms with Crippen molar-refractivity contribution in [3.05, 3.63) is 84.2 Å². The van der Waals surface area contributed by atoms with Crippen LogP contribution in [0.3, 0.4) is 0 Å². The molecule has 0 spiro atoms. The highest BCUT2D eigenvalue weighted by Crippen LogP contribution is 2.27. The summed E-state index contributed by atoms with van der Waals surface area (Å²) in [5.74, 6) is 0.498. The van der Waals surface area contributed by atoms with E-state index in [0.717, 1.165) is 5.56 Å². The van der Waals surface area contributed by atoms with Gasteiger partial charge < -0.3 is 9.47 Å². The zero-order chi connectivity index (χ0) is 21.6. The molecule has 1 aromatic heterocycles. The predicted molar refractivity (Wildman–Crippen MR) is 114 cm³/mol. The van der Waals surface area contributed by atoms with Gasteiger partial charge in [-0.2, -0.15) is 0 Å². The number of ether oxygens (including phenoxy) is 2. The number of sulfonamides is 1. The van der Waals surface area contributed by atoms with E-state index < -0.39 is 10.0 Å². The maximum absolute atomic E-state index is 12.8. The summed E-state index contributed by atoms with van der Waals surface area (Å²) in [6, 6.07) is 14.6. The molecule has 8 heteroatoms. The number of carbonyl (C=O) groups excluding carboxylic acids is 1. The van der Waals surface area contributed by atoms with Gasteiger partial charge in [-0.3, -0.25) is 14.5 Å². The molecule has 0 bridgehead atoms. The second-order valence-electron chi connectivity index (χ2n) is 6.18. The Morgan fingerprint density at radius 3 is 2.43 bits per heavy atom. The average molecular weight is 424 g/mol. The third kappa shape index (κ3) is 5.03. The third-order valence-corrected chi connectivity index (χ3v) is 5.60. The molecule has 2 aromatic carbocycles. The van der Waals surface area contributed by atoms with E-state index in [1.807, 2.05) is 12.1 Å². The fourth-order valence-electron chi connectivity index (χ4n) is 2.66. The number of hydrogen-bond donors (Lipinski definition) is 1. The van der Waals surface area contributed by atoms with Crippen molar-refractivity contribution in [3.63, 3.8) is 0 Å². The summed E-state index contributed by atoms with van der Waals surface area (Å²) in [6.45, 7) is 0. The lowest BCUT2D eigenvalue weighted by Gasteiger charge is -2.12. The predicted octanol–water partition coefficient (Wildman–Crippen LogP) is 3.80. The SMILES string of the molecule is COc1ccc(/C=C/C(=O)c2ccc(OC)c(S(=O)(=O)Nc3cccnc3)c2)cc1. The molecule has 0 radical (unpaired) electrons. The molecule has 0 amide bonds. The Hall–Kier alpha value is -3.65. The monoisotopic (exact) mass is 424 g/mol. The summed E-state index contributed by atoms with van der Waals surface area (Å²) in [6.07, 6.45) is 5.95. The van der Waals surface area contributed by atoms with E-state index in [4.69, 9.17) is 9.47 Å². The molecule has 0 aliphatic carbocycles. The number of rotatable bonds is 8. The van der Waals surface area contributed by atoms with Crippen LogP contribution in [0.5, 0.6) is 11.5 Å². The van der Waals surface area contributed by atoms with E-state index in [-0.39, 0.29) is 22.0 Å². The molecule has 0 aliphatic heterocycles. The fraction of sp³-hybridized carbons (Fsp3) is 0.0909. The standard InChI is InChI=1S/C22H20N2O5S/c1-28-19-9-5-16(6-10-19)7-11-20(25)17-8-12-21(29-2)22(14-17)30(26,27)24-18-4-3-13-23-15-18/h3-15,24H,1-2H3/b11-7+. The maximum atomic E-state index is 12.8. The Morgan fingerprint density at radius 2 is 1.80 bits per heavy atom. The van der Waals surface area contributed by atoms with Gasteiger partial charge in [0.2, 0.25) is 0 Å². The Kier molecular flexibility index (Phi) is 6.48. The summed E-state index contributed by atoms with van der Waals surface area (Å²) < 4.78 is 38.4. The first kappa shape index (κ1) is 21.1. The van der Waals surface area contributed by atoms with Gasteiger partial charge in [0, 0.05) is 11.8 Å². The minimum absolute atomic E-state index is 0.127. The molecule has 0 saturated heterocycles. The van der Waals surface area contributed by atoms with Crippen molar-refractivity contribution >= 4 is 27.6 Å². The topological polar surface area (TPSA) is 94.6 Å². The van der Waals surface area contributed by atoms with E-state index in [2.05, 4.69) is 9.71 Å². The van der Waals surface area contributed by atoms with E-state index in [1.54, 1.807) is 37.5 Å². The van der Waals surface area contributed by atoms with Crippen LogP contribution in [0.1, 0.15) is 15.9 Å². The molecule has 154 valence electrons. The number of aromatic nitrogens is 1.